The third kappa shape index (κ3) is 10.9. The number of nitrogens with zero attached hydrogens (tertiary/aromatic N) is 3. The first-order valence-corrected chi connectivity index (χ1v) is 15.6. The molecule has 2 aromatic rings. The van der Waals surface area contributed by atoms with Gasteiger partial charge in [-0.3, -0.25) is 14.4 Å². The second-order valence-electron chi connectivity index (χ2n) is 13.0. The van der Waals surface area contributed by atoms with Crippen LogP contribution in [0.5, 0.6) is 11.5 Å². The van der Waals surface area contributed by atoms with Gasteiger partial charge in [0.25, 0.3) is 5.91 Å². The van der Waals surface area contributed by atoms with Gasteiger partial charge in [0.15, 0.2) is 11.5 Å². The highest BCUT2D eigenvalue weighted by atomic mass is 16.7. The number of amides is 4. The molecule has 4 amide bonds. The van der Waals surface area contributed by atoms with E-state index in [-0.39, 0.29) is 26.5 Å². The Morgan fingerprint density at radius 2 is 1.57 bits per heavy atom. The van der Waals surface area contributed by atoms with E-state index in [9.17, 15) is 19.2 Å². The molecule has 0 radical (unpaired) electrons. The van der Waals surface area contributed by atoms with Gasteiger partial charge < -0.3 is 18.9 Å². The smallest absolute Gasteiger partial charge is 0.436 e. The first kappa shape index (κ1) is 36.2. The van der Waals surface area contributed by atoms with Crippen molar-refractivity contribution in [1.29, 1.82) is 0 Å². The third-order valence-corrected chi connectivity index (χ3v) is 6.68. The molecule has 12 heteroatoms. The molecule has 0 saturated carbocycles. The van der Waals surface area contributed by atoms with E-state index >= 15 is 0 Å². The first-order valence-electron chi connectivity index (χ1n) is 15.6. The molecule has 252 valence electrons. The number of hydrogen-bond donors (Lipinski definition) is 0. The number of benzene rings is 2. The van der Waals surface area contributed by atoms with Crippen LogP contribution in [0.15, 0.2) is 48.5 Å². The fourth-order valence-corrected chi connectivity index (χ4v) is 4.60. The van der Waals surface area contributed by atoms with Gasteiger partial charge in [-0.1, -0.05) is 68.7 Å². The van der Waals surface area contributed by atoms with Gasteiger partial charge in [-0.15, -0.1) is 5.01 Å². The molecule has 0 N–H and O–H groups in total. The average molecular weight is 642 g/mol. The van der Waals surface area contributed by atoms with Crippen LogP contribution < -0.4 is 9.47 Å². The minimum atomic E-state index is -1.07. The number of imide groups is 1. The second kappa shape index (κ2) is 16.3. The number of hydrogen-bond acceptors (Lipinski definition) is 9. The van der Waals surface area contributed by atoms with Crippen molar-refractivity contribution < 1.29 is 43.0 Å². The van der Waals surface area contributed by atoms with E-state index in [1.54, 1.807) is 59.7 Å². The topological polar surface area (TPSA) is 124 Å². The SMILES string of the molecule is CCCCC[C@H](CN(C=O)OCc1ccccc1)C(=O)N(C(=O)OC(C)(C)C)N(Cc1cccc2c1OCO2)C(=O)OC(C)(C)C. The van der Waals surface area contributed by atoms with Gasteiger partial charge in [0, 0.05) is 5.56 Å². The van der Waals surface area contributed by atoms with Crippen LogP contribution >= 0.6 is 0 Å². The monoisotopic (exact) mass is 641 g/mol. The summed E-state index contributed by atoms with van der Waals surface area (Å²) in [6.07, 6.45) is 1.10. The van der Waals surface area contributed by atoms with E-state index in [2.05, 4.69) is 0 Å². The van der Waals surface area contributed by atoms with E-state index in [4.69, 9.17) is 23.8 Å². The molecule has 0 aromatic heterocycles. The highest BCUT2D eigenvalue weighted by Gasteiger charge is 2.41. The van der Waals surface area contributed by atoms with Crippen LogP contribution in [0.3, 0.4) is 0 Å². The summed E-state index contributed by atoms with van der Waals surface area (Å²) in [5, 5.41) is 2.65. The van der Waals surface area contributed by atoms with E-state index in [0.717, 1.165) is 28.5 Å². The summed E-state index contributed by atoms with van der Waals surface area (Å²) in [5.41, 5.74) is -0.663. The highest BCUT2D eigenvalue weighted by molar-refractivity contribution is 5.95. The number of unbranched alkanes of at least 4 members (excludes halogenated alkanes) is 2. The number of carbonyl (C=O) groups excluding carboxylic acids is 4. The molecule has 0 fully saturated rings. The summed E-state index contributed by atoms with van der Waals surface area (Å²) in [5.74, 6) is -0.845. The van der Waals surface area contributed by atoms with E-state index in [1.165, 1.54) is 0 Å². The lowest BCUT2D eigenvalue weighted by molar-refractivity contribution is -0.185. The summed E-state index contributed by atoms with van der Waals surface area (Å²) in [4.78, 5) is 60.2. The summed E-state index contributed by atoms with van der Waals surface area (Å²) in [7, 11) is 0. The van der Waals surface area contributed by atoms with E-state index in [1.807, 2.05) is 37.3 Å². The normalized spacial score (nSPS) is 13.0. The molecular weight excluding hydrogens is 594 g/mol. The highest BCUT2D eigenvalue weighted by Crippen LogP contribution is 2.36. The van der Waals surface area contributed by atoms with Gasteiger partial charge in [-0.2, -0.15) is 0 Å². The first-order chi connectivity index (χ1) is 21.7. The Morgan fingerprint density at radius 3 is 2.20 bits per heavy atom. The molecule has 2 aromatic carbocycles. The largest absolute Gasteiger partial charge is 0.454 e. The van der Waals surface area contributed by atoms with Crippen molar-refractivity contribution >= 4 is 24.5 Å². The van der Waals surface area contributed by atoms with Crippen molar-refractivity contribution in [3.63, 3.8) is 0 Å². The number of carbonyl (C=O) groups is 4. The lowest BCUT2D eigenvalue weighted by Crippen LogP contribution is -2.57. The lowest BCUT2D eigenvalue weighted by Gasteiger charge is -2.37. The summed E-state index contributed by atoms with van der Waals surface area (Å²) < 4.78 is 22.5. The molecule has 0 saturated heterocycles. The van der Waals surface area contributed by atoms with Crippen LogP contribution in [0.4, 0.5) is 9.59 Å². The fourth-order valence-electron chi connectivity index (χ4n) is 4.60. The third-order valence-electron chi connectivity index (χ3n) is 6.68. The van der Waals surface area contributed by atoms with Gasteiger partial charge in [-0.25, -0.2) is 19.7 Å². The Labute approximate surface area is 271 Å². The van der Waals surface area contributed by atoms with Crippen LogP contribution in [0, 0.1) is 5.92 Å². The second-order valence-corrected chi connectivity index (χ2v) is 13.0. The molecule has 12 nitrogen and oxygen atoms in total. The van der Waals surface area contributed by atoms with E-state index in [0.29, 0.717) is 41.3 Å². The van der Waals surface area contributed by atoms with Crippen LogP contribution in [0.2, 0.25) is 0 Å². The minimum Gasteiger partial charge on any atom is -0.454 e. The minimum absolute atomic E-state index is 0.0164. The van der Waals surface area contributed by atoms with Crippen molar-refractivity contribution in [2.24, 2.45) is 5.92 Å². The van der Waals surface area contributed by atoms with Gasteiger partial charge in [0.05, 0.1) is 19.0 Å². The molecule has 46 heavy (non-hydrogen) atoms. The predicted octanol–water partition coefficient (Wildman–Crippen LogP) is 6.62. The number of fused-ring (bicyclic) bond motifs is 1. The van der Waals surface area contributed by atoms with Gasteiger partial charge in [-0.05, 0) is 59.6 Å². The Hall–Kier alpha value is -4.32. The molecule has 0 unspecified atom stereocenters. The molecular formula is C34H47N3O9. The molecule has 3 rings (SSSR count). The van der Waals surface area contributed by atoms with Gasteiger partial charge in [0.2, 0.25) is 13.2 Å². The van der Waals surface area contributed by atoms with Crippen molar-refractivity contribution in [3.8, 4) is 11.5 Å². The predicted molar refractivity (Wildman–Crippen MR) is 169 cm³/mol. The summed E-state index contributed by atoms with van der Waals surface area (Å²) in [6.45, 7) is 11.7. The Bertz CT molecular complexity index is 1320. The van der Waals surface area contributed by atoms with Crippen LogP contribution in [0.25, 0.3) is 0 Å². The van der Waals surface area contributed by atoms with Crippen LogP contribution in [0.1, 0.15) is 85.3 Å². The Balaban J connectivity index is 2.03. The van der Waals surface area contributed by atoms with Crippen LogP contribution in [-0.4, -0.2) is 64.1 Å². The maximum Gasteiger partial charge on any atom is 0.436 e. The average Bonchev–Trinajstić information content (AvgIpc) is 3.47. The summed E-state index contributed by atoms with van der Waals surface area (Å²) >= 11 is 0. The number of para-hydroxylation sites is 1. The quantitative estimate of drug-likeness (QED) is 0.135. The molecule has 1 aliphatic rings. The zero-order chi connectivity index (χ0) is 33.9. The molecule has 1 heterocycles. The molecule has 0 aliphatic carbocycles. The maximum absolute atomic E-state index is 14.5. The summed E-state index contributed by atoms with van der Waals surface area (Å²) in [6, 6.07) is 14.4. The molecule has 1 atom stereocenters. The molecule has 0 spiro atoms. The van der Waals surface area contributed by atoms with Gasteiger partial charge >= 0.3 is 12.2 Å². The van der Waals surface area contributed by atoms with Crippen molar-refractivity contribution in [2.75, 3.05) is 13.3 Å². The van der Waals surface area contributed by atoms with Crippen LogP contribution in [-0.2, 0) is 37.1 Å². The van der Waals surface area contributed by atoms with Gasteiger partial charge in [0.1, 0.15) is 17.8 Å². The van der Waals surface area contributed by atoms with Crippen molar-refractivity contribution in [1.82, 2.24) is 15.1 Å². The van der Waals surface area contributed by atoms with E-state index < -0.39 is 35.2 Å². The fraction of sp³-hybridized carbons (Fsp3) is 0.529. The standard InChI is InChI=1S/C34H47N3O9/c1-8-9-11-17-27(20-35(23-38)44-22-25-15-12-10-13-16-25)30(39)37(32(41)46-34(5,6)7)36(31(40)45-33(2,3)4)21-26-18-14-19-28-29(26)43-24-42-28/h10,12-16,18-19,23,27H,8-9,11,17,20-22,24H2,1-7H3/t27-/m1/s1. The number of rotatable bonds is 13. The van der Waals surface area contributed by atoms with Crippen molar-refractivity contribution in [3.05, 3.63) is 59.7 Å². The molecule has 0 bridgehead atoms. The Morgan fingerprint density at radius 1 is 0.891 bits per heavy atom. The number of hydrazine groups is 1. The number of hydroxylamine groups is 2. The number of ether oxygens (including phenoxy) is 4. The lowest BCUT2D eigenvalue weighted by atomic mass is 10.00. The Kier molecular flexibility index (Phi) is 12.8. The zero-order valence-electron chi connectivity index (χ0n) is 27.9. The zero-order valence-corrected chi connectivity index (χ0v) is 27.9. The van der Waals surface area contributed by atoms with Crippen molar-refractivity contribution in [2.45, 2.75) is 98.5 Å². The maximum atomic E-state index is 14.5. The molecule has 1 aliphatic heterocycles.